The van der Waals surface area contributed by atoms with Gasteiger partial charge in [0.15, 0.2) is 0 Å². The van der Waals surface area contributed by atoms with Gasteiger partial charge in [0, 0.05) is 11.5 Å². The molecule has 0 aliphatic heterocycles. The van der Waals surface area contributed by atoms with Crippen LogP contribution in [0.5, 0.6) is 0 Å². The molecule has 1 heterocycles. The highest BCUT2D eigenvalue weighted by molar-refractivity contribution is 9.10. The number of aromatic nitrogens is 2. The van der Waals surface area contributed by atoms with E-state index in [4.69, 9.17) is 0 Å². The van der Waals surface area contributed by atoms with Crippen molar-refractivity contribution in [3.8, 4) is 0 Å². The number of nitrogens with one attached hydrogen (secondary N) is 1. The first kappa shape index (κ1) is 16.7. The van der Waals surface area contributed by atoms with Crippen molar-refractivity contribution in [2.75, 3.05) is 13.6 Å². The summed E-state index contributed by atoms with van der Waals surface area (Å²) >= 11 is 7.15. The van der Waals surface area contributed by atoms with Crippen LogP contribution in [0.1, 0.15) is 17.0 Å². The summed E-state index contributed by atoms with van der Waals surface area (Å²) in [6.45, 7) is 3.03. The molecule has 3 nitrogen and oxygen atoms in total. The SMILES string of the molecule is CNCC(Cc1ccc(Br)cc1)Cc1c(Br)c(C)nn1C. The zero-order valence-corrected chi connectivity index (χ0v) is 15.8. The van der Waals surface area contributed by atoms with Gasteiger partial charge in [0.1, 0.15) is 0 Å². The van der Waals surface area contributed by atoms with Gasteiger partial charge in [-0.1, -0.05) is 28.1 Å². The number of benzene rings is 1. The average molecular weight is 415 g/mol. The molecule has 0 saturated carbocycles. The van der Waals surface area contributed by atoms with Gasteiger partial charge >= 0.3 is 0 Å². The van der Waals surface area contributed by atoms with Crippen LogP contribution in [0.4, 0.5) is 0 Å². The number of rotatable bonds is 6. The summed E-state index contributed by atoms with van der Waals surface area (Å²) in [7, 11) is 4.03. The Morgan fingerprint density at radius 3 is 2.38 bits per heavy atom. The molecular weight excluding hydrogens is 394 g/mol. The maximum atomic E-state index is 4.49. The highest BCUT2D eigenvalue weighted by Gasteiger charge is 2.17. The van der Waals surface area contributed by atoms with Crippen LogP contribution in [0.25, 0.3) is 0 Å². The predicted molar refractivity (Wildman–Crippen MR) is 94.6 cm³/mol. The predicted octanol–water partition coefficient (Wildman–Crippen LogP) is 3.87. The van der Waals surface area contributed by atoms with Crippen molar-refractivity contribution in [3.63, 3.8) is 0 Å². The van der Waals surface area contributed by atoms with Gasteiger partial charge in [-0.2, -0.15) is 5.10 Å². The van der Waals surface area contributed by atoms with Gasteiger partial charge in [-0.15, -0.1) is 0 Å². The molecule has 0 aliphatic carbocycles. The second-order valence-corrected chi connectivity index (χ2v) is 7.14. The summed E-state index contributed by atoms with van der Waals surface area (Å²) in [6.07, 6.45) is 2.07. The molecule has 114 valence electrons. The molecule has 1 aromatic carbocycles. The normalized spacial score (nSPS) is 12.6. The van der Waals surface area contributed by atoms with Crippen molar-refractivity contribution < 1.29 is 0 Å². The van der Waals surface area contributed by atoms with E-state index in [1.807, 2.05) is 25.7 Å². The number of aryl methyl sites for hydroxylation is 2. The van der Waals surface area contributed by atoms with Crippen molar-refractivity contribution in [3.05, 3.63) is 50.2 Å². The molecule has 1 unspecified atom stereocenters. The molecular formula is C16H21Br2N3. The fourth-order valence-corrected chi connectivity index (χ4v) is 3.40. The van der Waals surface area contributed by atoms with Gasteiger partial charge < -0.3 is 5.32 Å². The first-order valence-corrected chi connectivity index (χ1v) is 8.67. The van der Waals surface area contributed by atoms with Crippen molar-refractivity contribution >= 4 is 31.9 Å². The topological polar surface area (TPSA) is 29.9 Å². The maximum absolute atomic E-state index is 4.49. The van der Waals surface area contributed by atoms with E-state index in [-0.39, 0.29) is 0 Å². The number of hydrogen-bond donors (Lipinski definition) is 1. The lowest BCUT2D eigenvalue weighted by Gasteiger charge is -2.17. The Morgan fingerprint density at radius 2 is 1.86 bits per heavy atom. The summed E-state index contributed by atoms with van der Waals surface area (Å²) in [6, 6.07) is 8.60. The molecule has 0 bridgehead atoms. The van der Waals surface area contributed by atoms with Crippen LogP contribution in [0.3, 0.4) is 0 Å². The quantitative estimate of drug-likeness (QED) is 0.777. The minimum absolute atomic E-state index is 0.544. The van der Waals surface area contributed by atoms with Crippen molar-refractivity contribution in [2.24, 2.45) is 13.0 Å². The Hall–Kier alpha value is -0.650. The molecule has 1 N–H and O–H groups in total. The van der Waals surface area contributed by atoms with Crippen LogP contribution in [-0.2, 0) is 19.9 Å². The van der Waals surface area contributed by atoms with Crippen molar-refractivity contribution in [1.29, 1.82) is 0 Å². The molecule has 21 heavy (non-hydrogen) atoms. The van der Waals surface area contributed by atoms with E-state index in [0.717, 1.165) is 34.0 Å². The second kappa shape index (κ2) is 7.56. The van der Waals surface area contributed by atoms with E-state index < -0.39 is 0 Å². The van der Waals surface area contributed by atoms with Gasteiger partial charge in [0.25, 0.3) is 0 Å². The zero-order chi connectivity index (χ0) is 15.4. The maximum Gasteiger partial charge on any atom is 0.0738 e. The fraction of sp³-hybridized carbons (Fsp3) is 0.438. The highest BCUT2D eigenvalue weighted by Crippen LogP contribution is 2.24. The van der Waals surface area contributed by atoms with Crippen LogP contribution < -0.4 is 5.32 Å². The molecule has 2 rings (SSSR count). The molecule has 0 amide bonds. The summed E-state index contributed by atoms with van der Waals surface area (Å²) in [5.74, 6) is 0.544. The van der Waals surface area contributed by atoms with Gasteiger partial charge in [-0.25, -0.2) is 0 Å². The van der Waals surface area contributed by atoms with Gasteiger partial charge in [0.2, 0.25) is 0 Å². The minimum atomic E-state index is 0.544. The summed E-state index contributed by atoms with van der Waals surface area (Å²) in [4.78, 5) is 0. The van der Waals surface area contributed by atoms with Crippen molar-refractivity contribution in [1.82, 2.24) is 15.1 Å². The first-order valence-electron chi connectivity index (χ1n) is 7.08. The Labute approximate surface area is 143 Å². The van der Waals surface area contributed by atoms with E-state index in [0.29, 0.717) is 5.92 Å². The van der Waals surface area contributed by atoms with E-state index in [2.05, 4.69) is 66.5 Å². The fourth-order valence-electron chi connectivity index (χ4n) is 2.63. The molecule has 1 atom stereocenters. The molecule has 0 fully saturated rings. The average Bonchev–Trinajstić information content (AvgIpc) is 2.68. The Bertz CT molecular complexity index is 590. The lowest BCUT2D eigenvalue weighted by molar-refractivity contribution is 0.476. The Kier molecular flexibility index (Phi) is 6.02. The standard InChI is InChI=1S/C16H21Br2N3/c1-11-16(18)15(21(3)20-11)9-13(10-19-2)8-12-4-6-14(17)7-5-12/h4-7,13,19H,8-10H2,1-3H3. The van der Waals surface area contributed by atoms with Crippen LogP contribution in [0.15, 0.2) is 33.2 Å². The van der Waals surface area contributed by atoms with Crippen LogP contribution in [0, 0.1) is 12.8 Å². The van der Waals surface area contributed by atoms with E-state index in [9.17, 15) is 0 Å². The highest BCUT2D eigenvalue weighted by atomic mass is 79.9. The van der Waals surface area contributed by atoms with Crippen molar-refractivity contribution in [2.45, 2.75) is 19.8 Å². The summed E-state index contributed by atoms with van der Waals surface area (Å²) in [5.41, 5.74) is 3.69. The smallest absolute Gasteiger partial charge is 0.0738 e. The Balaban J connectivity index is 2.13. The third-order valence-electron chi connectivity index (χ3n) is 3.67. The zero-order valence-electron chi connectivity index (χ0n) is 12.7. The third-order valence-corrected chi connectivity index (χ3v) is 5.23. The third kappa shape index (κ3) is 4.41. The number of nitrogens with zero attached hydrogens (tertiary/aromatic N) is 2. The monoisotopic (exact) mass is 413 g/mol. The largest absolute Gasteiger partial charge is 0.319 e. The lowest BCUT2D eigenvalue weighted by atomic mass is 9.94. The van der Waals surface area contributed by atoms with Gasteiger partial charge in [-0.3, -0.25) is 4.68 Å². The van der Waals surface area contributed by atoms with Gasteiger partial charge in [-0.05, 0) is 72.9 Å². The molecule has 1 aromatic heterocycles. The molecule has 0 spiro atoms. The van der Waals surface area contributed by atoms with E-state index >= 15 is 0 Å². The van der Waals surface area contributed by atoms with E-state index in [1.54, 1.807) is 0 Å². The first-order chi connectivity index (χ1) is 10.0. The molecule has 0 saturated heterocycles. The molecule has 0 aliphatic rings. The number of halogens is 2. The molecule has 2 aromatic rings. The van der Waals surface area contributed by atoms with E-state index in [1.165, 1.54) is 11.3 Å². The summed E-state index contributed by atoms with van der Waals surface area (Å²) in [5, 5.41) is 7.80. The summed E-state index contributed by atoms with van der Waals surface area (Å²) < 4.78 is 4.26. The minimum Gasteiger partial charge on any atom is -0.319 e. The second-order valence-electron chi connectivity index (χ2n) is 5.43. The van der Waals surface area contributed by atoms with Crippen LogP contribution in [-0.4, -0.2) is 23.4 Å². The molecule has 5 heteroatoms. The lowest BCUT2D eigenvalue weighted by Crippen LogP contribution is -2.23. The van der Waals surface area contributed by atoms with Gasteiger partial charge in [0.05, 0.1) is 15.9 Å². The Morgan fingerprint density at radius 1 is 1.19 bits per heavy atom. The van der Waals surface area contributed by atoms with Crippen LogP contribution in [0.2, 0.25) is 0 Å². The number of hydrogen-bond acceptors (Lipinski definition) is 2. The van der Waals surface area contributed by atoms with Crippen LogP contribution >= 0.6 is 31.9 Å². The molecule has 0 radical (unpaired) electrons.